The Morgan fingerprint density at radius 3 is 2.85 bits per heavy atom. The van der Waals surface area contributed by atoms with E-state index < -0.39 is 11.9 Å². The van der Waals surface area contributed by atoms with Gasteiger partial charge in [0.1, 0.15) is 5.82 Å². The zero-order chi connectivity index (χ0) is 9.84. The minimum atomic E-state index is -0.526. The number of hydrogen-bond donors (Lipinski definition) is 1. The normalized spacial score (nSPS) is 12.5. The molecule has 0 saturated heterocycles. The van der Waals surface area contributed by atoms with Crippen LogP contribution in [0.3, 0.4) is 0 Å². The third kappa shape index (κ3) is 2.36. The second-order valence-electron chi connectivity index (χ2n) is 2.89. The molecule has 2 nitrogen and oxygen atoms in total. The highest BCUT2D eigenvalue weighted by atomic mass is 19.1. The Kier molecular flexibility index (Phi) is 3.14. The molecule has 1 aromatic rings. The van der Waals surface area contributed by atoms with Gasteiger partial charge in [-0.3, -0.25) is 4.79 Å². The summed E-state index contributed by atoms with van der Waals surface area (Å²) in [4.78, 5) is 11.4. The molecule has 0 aliphatic carbocycles. The molecule has 1 rings (SSSR count). The average Bonchev–Trinajstić information content (AvgIpc) is 2.15. The molecule has 0 saturated carbocycles. The third-order valence-corrected chi connectivity index (χ3v) is 1.89. The molecule has 0 aromatic heterocycles. The Morgan fingerprint density at radius 1 is 1.62 bits per heavy atom. The van der Waals surface area contributed by atoms with Crippen LogP contribution in [0.1, 0.15) is 23.7 Å². The van der Waals surface area contributed by atoms with Crippen LogP contribution >= 0.6 is 0 Å². The van der Waals surface area contributed by atoms with E-state index in [-0.39, 0.29) is 5.78 Å². The van der Waals surface area contributed by atoms with Crippen molar-refractivity contribution in [2.45, 2.75) is 19.4 Å². The van der Waals surface area contributed by atoms with Gasteiger partial charge in [0.25, 0.3) is 0 Å². The second-order valence-corrected chi connectivity index (χ2v) is 2.89. The van der Waals surface area contributed by atoms with E-state index in [2.05, 4.69) is 0 Å². The van der Waals surface area contributed by atoms with Gasteiger partial charge in [-0.2, -0.15) is 0 Å². The number of ketones is 1. The number of Topliss-reactive ketones (excluding diaryl/α,β-unsaturated/α-hetero) is 1. The van der Waals surface area contributed by atoms with Crippen LogP contribution in [0, 0.1) is 5.82 Å². The van der Waals surface area contributed by atoms with Crippen molar-refractivity contribution in [3.63, 3.8) is 0 Å². The molecule has 2 N–H and O–H groups in total. The summed E-state index contributed by atoms with van der Waals surface area (Å²) in [7, 11) is 0. The maximum atomic E-state index is 12.7. The number of hydrogen-bond acceptors (Lipinski definition) is 2. The molecule has 13 heavy (non-hydrogen) atoms. The number of carbonyl (C=O) groups excluding carboxylic acids is 1. The van der Waals surface area contributed by atoms with Crippen molar-refractivity contribution in [3.8, 4) is 0 Å². The van der Waals surface area contributed by atoms with Crippen molar-refractivity contribution >= 4 is 5.78 Å². The highest BCUT2D eigenvalue weighted by molar-refractivity contribution is 5.99. The lowest BCUT2D eigenvalue weighted by atomic mass is 10.0. The lowest BCUT2D eigenvalue weighted by molar-refractivity contribution is 0.0959. The van der Waals surface area contributed by atoms with Gasteiger partial charge >= 0.3 is 0 Å². The molecule has 1 atom stereocenters. The lowest BCUT2D eigenvalue weighted by Crippen LogP contribution is -2.29. The predicted octanol–water partition coefficient (Wildman–Crippen LogP) is 1.75. The van der Waals surface area contributed by atoms with Crippen LogP contribution in [0.15, 0.2) is 24.3 Å². The molecule has 70 valence electrons. The van der Waals surface area contributed by atoms with Crippen molar-refractivity contribution < 1.29 is 9.18 Å². The van der Waals surface area contributed by atoms with Gasteiger partial charge in [-0.25, -0.2) is 4.39 Å². The Balaban J connectivity index is 2.89. The monoisotopic (exact) mass is 181 g/mol. The first-order valence-corrected chi connectivity index (χ1v) is 4.20. The predicted molar refractivity (Wildman–Crippen MR) is 49.0 cm³/mol. The molecule has 0 bridgehead atoms. The van der Waals surface area contributed by atoms with Crippen molar-refractivity contribution in [1.82, 2.24) is 0 Å². The number of rotatable bonds is 3. The van der Waals surface area contributed by atoms with Crippen LogP contribution in [0.2, 0.25) is 0 Å². The molecule has 0 amide bonds. The topological polar surface area (TPSA) is 43.1 Å². The van der Waals surface area contributed by atoms with Crippen molar-refractivity contribution in [2.75, 3.05) is 0 Å². The fourth-order valence-corrected chi connectivity index (χ4v) is 1.04. The smallest absolute Gasteiger partial charge is 0.179 e. The van der Waals surface area contributed by atoms with E-state index in [0.29, 0.717) is 12.0 Å². The van der Waals surface area contributed by atoms with Crippen molar-refractivity contribution in [2.24, 2.45) is 5.73 Å². The molecule has 0 fully saturated rings. The molecule has 3 heteroatoms. The van der Waals surface area contributed by atoms with Crippen molar-refractivity contribution in [3.05, 3.63) is 35.6 Å². The van der Waals surface area contributed by atoms with Crippen LogP contribution < -0.4 is 5.73 Å². The van der Waals surface area contributed by atoms with Crippen LogP contribution in [-0.4, -0.2) is 11.8 Å². The van der Waals surface area contributed by atoms with Gasteiger partial charge in [-0.1, -0.05) is 19.1 Å². The minimum absolute atomic E-state index is 0.206. The lowest BCUT2D eigenvalue weighted by Gasteiger charge is -2.06. The van der Waals surface area contributed by atoms with E-state index in [1.54, 1.807) is 6.07 Å². The Morgan fingerprint density at radius 2 is 2.31 bits per heavy atom. The fourth-order valence-electron chi connectivity index (χ4n) is 1.04. The summed E-state index contributed by atoms with van der Waals surface area (Å²) in [5.74, 6) is -0.615. The van der Waals surface area contributed by atoms with Gasteiger partial charge in [0, 0.05) is 5.56 Å². The van der Waals surface area contributed by atoms with Gasteiger partial charge < -0.3 is 5.73 Å². The number of nitrogens with two attached hydrogens (primary N) is 1. The summed E-state index contributed by atoms with van der Waals surface area (Å²) in [5, 5.41) is 0. The standard InChI is InChI=1S/C10H12FNO/c1-2-9(12)10(13)7-4-3-5-8(11)6-7/h3-6,9H,2,12H2,1H3. The summed E-state index contributed by atoms with van der Waals surface area (Å²) in [6.45, 7) is 1.82. The van der Waals surface area contributed by atoms with Crippen LogP contribution in [0.5, 0.6) is 0 Å². The van der Waals surface area contributed by atoms with E-state index in [9.17, 15) is 9.18 Å². The highest BCUT2D eigenvalue weighted by Crippen LogP contribution is 2.07. The fraction of sp³-hybridized carbons (Fsp3) is 0.300. The molecule has 1 unspecified atom stereocenters. The van der Waals surface area contributed by atoms with E-state index in [1.165, 1.54) is 18.2 Å². The van der Waals surface area contributed by atoms with Crippen LogP contribution in [-0.2, 0) is 0 Å². The Hall–Kier alpha value is -1.22. The number of halogens is 1. The highest BCUT2D eigenvalue weighted by Gasteiger charge is 2.13. The Labute approximate surface area is 76.6 Å². The van der Waals surface area contributed by atoms with Gasteiger partial charge in [0.05, 0.1) is 6.04 Å². The molecule has 0 spiro atoms. The average molecular weight is 181 g/mol. The third-order valence-electron chi connectivity index (χ3n) is 1.89. The molecule has 1 aromatic carbocycles. The van der Waals surface area contributed by atoms with E-state index in [0.717, 1.165) is 0 Å². The Bertz CT molecular complexity index is 312. The van der Waals surface area contributed by atoms with Gasteiger partial charge in [0.2, 0.25) is 0 Å². The summed E-state index contributed by atoms with van der Waals surface area (Å²) >= 11 is 0. The van der Waals surface area contributed by atoms with E-state index in [1.807, 2.05) is 6.92 Å². The minimum Gasteiger partial charge on any atom is -0.321 e. The zero-order valence-electron chi connectivity index (χ0n) is 7.46. The van der Waals surface area contributed by atoms with E-state index >= 15 is 0 Å². The molecule has 0 radical (unpaired) electrons. The van der Waals surface area contributed by atoms with E-state index in [4.69, 9.17) is 5.73 Å². The van der Waals surface area contributed by atoms with Crippen LogP contribution in [0.4, 0.5) is 4.39 Å². The summed E-state index contributed by atoms with van der Waals surface area (Å²) in [5.41, 5.74) is 5.87. The van der Waals surface area contributed by atoms with Crippen molar-refractivity contribution in [1.29, 1.82) is 0 Å². The summed E-state index contributed by atoms with van der Waals surface area (Å²) in [6.07, 6.45) is 0.565. The first kappa shape index (κ1) is 9.86. The second kappa shape index (κ2) is 4.14. The maximum Gasteiger partial charge on any atom is 0.179 e. The first-order valence-electron chi connectivity index (χ1n) is 4.20. The molecule has 0 aliphatic rings. The molecular weight excluding hydrogens is 169 g/mol. The molecular formula is C10H12FNO. The SMILES string of the molecule is CCC(N)C(=O)c1cccc(F)c1. The molecule has 0 heterocycles. The van der Waals surface area contributed by atoms with Gasteiger partial charge in [-0.05, 0) is 18.6 Å². The molecule has 0 aliphatic heterocycles. The van der Waals surface area contributed by atoms with Gasteiger partial charge in [0.15, 0.2) is 5.78 Å². The van der Waals surface area contributed by atoms with Crippen LogP contribution in [0.25, 0.3) is 0 Å². The number of carbonyl (C=O) groups is 1. The summed E-state index contributed by atoms with van der Waals surface area (Å²) in [6, 6.07) is 5.06. The largest absolute Gasteiger partial charge is 0.321 e. The maximum absolute atomic E-state index is 12.7. The first-order chi connectivity index (χ1) is 6.15. The van der Waals surface area contributed by atoms with Gasteiger partial charge in [-0.15, -0.1) is 0 Å². The summed E-state index contributed by atoms with van der Waals surface area (Å²) < 4.78 is 12.7. The number of benzene rings is 1. The zero-order valence-corrected chi connectivity index (χ0v) is 7.46. The quantitative estimate of drug-likeness (QED) is 0.722.